The highest BCUT2D eigenvalue weighted by Gasteiger charge is 2.09. The molecule has 0 heterocycles. The number of ether oxygens (including phenoxy) is 1. The first kappa shape index (κ1) is 13.7. The van der Waals surface area contributed by atoms with Gasteiger partial charge >= 0.3 is 0 Å². The van der Waals surface area contributed by atoms with Gasteiger partial charge in [0.1, 0.15) is 0 Å². The van der Waals surface area contributed by atoms with Crippen molar-refractivity contribution in [2.24, 2.45) is 0 Å². The van der Waals surface area contributed by atoms with Gasteiger partial charge in [-0.2, -0.15) is 0 Å². The van der Waals surface area contributed by atoms with Crippen molar-refractivity contribution in [2.75, 3.05) is 19.0 Å². The monoisotopic (exact) mass is 237 g/mol. The first-order valence-corrected chi connectivity index (χ1v) is 5.71. The molecule has 1 amide bonds. The van der Waals surface area contributed by atoms with Gasteiger partial charge in [0.2, 0.25) is 5.91 Å². The number of methoxy groups -OCH3 is 1. The normalized spacial score (nSPS) is 12.2. The van der Waals surface area contributed by atoms with Crippen molar-refractivity contribution in [2.45, 2.75) is 25.9 Å². The molecule has 0 aliphatic heterocycles. The Kier molecular flexibility index (Phi) is 5.66. The van der Waals surface area contributed by atoms with Gasteiger partial charge in [-0.15, -0.1) is 0 Å². The summed E-state index contributed by atoms with van der Waals surface area (Å²) in [6, 6.07) is 7.25. The van der Waals surface area contributed by atoms with Crippen LogP contribution in [0.1, 0.15) is 31.4 Å². The molecule has 1 rings (SSSR count). The van der Waals surface area contributed by atoms with Crippen LogP contribution in [0.3, 0.4) is 0 Å². The van der Waals surface area contributed by atoms with E-state index in [1.165, 1.54) is 0 Å². The molecular formula is C13H19NO3. The van der Waals surface area contributed by atoms with Crippen molar-refractivity contribution >= 4 is 11.6 Å². The van der Waals surface area contributed by atoms with Crippen LogP contribution in [0, 0.1) is 0 Å². The van der Waals surface area contributed by atoms with Crippen molar-refractivity contribution in [3.05, 3.63) is 29.8 Å². The van der Waals surface area contributed by atoms with E-state index in [1.54, 1.807) is 26.2 Å². The minimum atomic E-state index is -0.592. The number of aliphatic hydroxyl groups is 1. The average molecular weight is 237 g/mol. The summed E-state index contributed by atoms with van der Waals surface area (Å²) in [7, 11) is 1.61. The Balaban J connectivity index is 2.58. The van der Waals surface area contributed by atoms with Gasteiger partial charge in [0.05, 0.1) is 6.10 Å². The zero-order valence-corrected chi connectivity index (χ0v) is 10.3. The van der Waals surface area contributed by atoms with Crippen molar-refractivity contribution in [3.8, 4) is 0 Å². The number of benzene rings is 1. The Morgan fingerprint density at radius 2 is 2.18 bits per heavy atom. The van der Waals surface area contributed by atoms with E-state index < -0.39 is 6.10 Å². The number of hydrogen-bond donors (Lipinski definition) is 2. The van der Waals surface area contributed by atoms with Crippen molar-refractivity contribution in [1.29, 1.82) is 0 Å². The molecule has 1 aromatic rings. The van der Waals surface area contributed by atoms with E-state index in [0.29, 0.717) is 25.1 Å². The minimum Gasteiger partial charge on any atom is -0.389 e. The van der Waals surface area contributed by atoms with Crippen molar-refractivity contribution in [1.82, 2.24) is 0 Å². The summed E-state index contributed by atoms with van der Waals surface area (Å²) in [5.41, 5.74) is 1.40. The summed E-state index contributed by atoms with van der Waals surface area (Å²) >= 11 is 0. The largest absolute Gasteiger partial charge is 0.389 e. The summed E-state index contributed by atoms with van der Waals surface area (Å²) in [4.78, 5) is 11.6. The van der Waals surface area contributed by atoms with Gasteiger partial charge in [0.15, 0.2) is 0 Å². The van der Waals surface area contributed by atoms with E-state index in [2.05, 4.69) is 5.32 Å². The first-order valence-electron chi connectivity index (χ1n) is 5.71. The second kappa shape index (κ2) is 7.04. The molecular weight excluding hydrogens is 218 g/mol. The Morgan fingerprint density at radius 3 is 2.82 bits per heavy atom. The topological polar surface area (TPSA) is 58.6 Å². The number of amides is 1. The molecule has 1 aromatic carbocycles. The number of carbonyl (C=O) groups is 1. The molecule has 1 atom stereocenters. The molecule has 94 valence electrons. The fourth-order valence-electron chi connectivity index (χ4n) is 1.56. The van der Waals surface area contributed by atoms with Crippen LogP contribution in [-0.2, 0) is 9.53 Å². The number of carbonyl (C=O) groups excluding carboxylic acids is 1. The quantitative estimate of drug-likeness (QED) is 0.745. The Bertz CT molecular complexity index is 363. The fourth-order valence-corrected chi connectivity index (χ4v) is 1.56. The molecule has 4 nitrogen and oxygen atoms in total. The molecule has 2 N–H and O–H groups in total. The van der Waals surface area contributed by atoms with E-state index in [4.69, 9.17) is 4.74 Å². The maximum atomic E-state index is 11.6. The predicted molar refractivity (Wildman–Crippen MR) is 66.8 cm³/mol. The fraction of sp³-hybridized carbons (Fsp3) is 0.462. The van der Waals surface area contributed by atoms with Crippen LogP contribution in [0.25, 0.3) is 0 Å². The molecule has 0 aliphatic rings. The Morgan fingerprint density at radius 1 is 1.47 bits per heavy atom. The average Bonchev–Trinajstić information content (AvgIpc) is 2.29. The molecule has 0 aliphatic carbocycles. The molecule has 0 radical (unpaired) electrons. The van der Waals surface area contributed by atoms with E-state index >= 15 is 0 Å². The maximum absolute atomic E-state index is 11.6. The van der Waals surface area contributed by atoms with Crippen LogP contribution >= 0.6 is 0 Å². The summed E-state index contributed by atoms with van der Waals surface area (Å²) in [6.07, 6.45) is 0.520. The molecule has 0 aromatic heterocycles. The first-order chi connectivity index (χ1) is 8.15. The predicted octanol–water partition coefficient (Wildman–Crippen LogP) is 2.11. The van der Waals surface area contributed by atoms with Crippen LogP contribution < -0.4 is 5.32 Å². The van der Waals surface area contributed by atoms with Crippen LogP contribution in [0.4, 0.5) is 5.69 Å². The highest BCUT2D eigenvalue weighted by molar-refractivity contribution is 5.91. The zero-order chi connectivity index (χ0) is 12.7. The van der Waals surface area contributed by atoms with Gasteiger partial charge in [-0.25, -0.2) is 0 Å². The molecule has 0 spiro atoms. The van der Waals surface area contributed by atoms with Gasteiger partial charge in [-0.05, 0) is 19.4 Å². The lowest BCUT2D eigenvalue weighted by atomic mass is 10.1. The smallest absolute Gasteiger partial charge is 0.224 e. The number of anilines is 1. The summed E-state index contributed by atoms with van der Waals surface area (Å²) < 4.78 is 4.88. The highest BCUT2D eigenvalue weighted by Crippen LogP contribution is 2.22. The number of para-hydroxylation sites is 1. The number of hydrogen-bond acceptors (Lipinski definition) is 3. The molecule has 0 bridgehead atoms. The van der Waals surface area contributed by atoms with Gasteiger partial charge in [-0.1, -0.05) is 18.2 Å². The standard InChI is InChI=1S/C13H19NO3/c1-10(15)11-6-3-4-7-12(11)14-13(16)8-5-9-17-2/h3-4,6-7,10,15H,5,8-9H2,1-2H3,(H,14,16). The van der Waals surface area contributed by atoms with Crippen molar-refractivity contribution < 1.29 is 14.6 Å². The SMILES string of the molecule is COCCCC(=O)Nc1ccccc1C(C)O. The van der Waals surface area contributed by atoms with Crippen molar-refractivity contribution in [3.63, 3.8) is 0 Å². The zero-order valence-electron chi connectivity index (χ0n) is 10.3. The van der Waals surface area contributed by atoms with Gasteiger partial charge < -0.3 is 15.2 Å². The molecule has 0 fully saturated rings. The third-order valence-electron chi connectivity index (χ3n) is 2.44. The number of nitrogens with one attached hydrogen (secondary N) is 1. The minimum absolute atomic E-state index is 0.0600. The third-order valence-corrected chi connectivity index (χ3v) is 2.44. The third kappa shape index (κ3) is 4.54. The Labute approximate surface area is 102 Å². The lowest BCUT2D eigenvalue weighted by Crippen LogP contribution is -2.14. The summed E-state index contributed by atoms with van der Waals surface area (Å²) in [5, 5.41) is 12.4. The number of rotatable bonds is 6. The maximum Gasteiger partial charge on any atom is 0.224 e. The van der Waals surface area contributed by atoms with Crippen LogP contribution in [0.5, 0.6) is 0 Å². The molecule has 0 saturated heterocycles. The van der Waals surface area contributed by atoms with Gasteiger partial charge in [-0.3, -0.25) is 4.79 Å². The van der Waals surface area contributed by atoms with Crippen LogP contribution in [-0.4, -0.2) is 24.7 Å². The van der Waals surface area contributed by atoms with Gasteiger partial charge in [0, 0.05) is 31.4 Å². The lowest BCUT2D eigenvalue weighted by Gasteiger charge is -2.12. The summed E-state index contributed by atoms with van der Waals surface area (Å²) in [6.45, 7) is 2.25. The second-order valence-corrected chi connectivity index (χ2v) is 3.91. The van der Waals surface area contributed by atoms with E-state index in [-0.39, 0.29) is 5.91 Å². The van der Waals surface area contributed by atoms with E-state index in [0.717, 1.165) is 5.56 Å². The summed E-state index contributed by atoms with van der Waals surface area (Å²) in [5.74, 6) is -0.0600. The van der Waals surface area contributed by atoms with Crippen LogP contribution in [0.15, 0.2) is 24.3 Å². The molecule has 4 heteroatoms. The highest BCUT2D eigenvalue weighted by atomic mass is 16.5. The molecule has 1 unspecified atom stereocenters. The molecule has 0 saturated carbocycles. The van der Waals surface area contributed by atoms with E-state index in [1.807, 2.05) is 12.1 Å². The van der Waals surface area contributed by atoms with E-state index in [9.17, 15) is 9.90 Å². The lowest BCUT2D eigenvalue weighted by molar-refractivity contribution is -0.116. The van der Waals surface area contributed by atoms with Gasteiger partial charge in [0.25, 0.3) is 0 Å². The molecule has 17 heavy (non-hydrogen) atoms. The van der Waals surface area contributed by atoms with Crippen LogP contribution in [0.2, 0.25) is 0 Å². The Hall–Kier alpha value is -1.39. The second-order valence-electron chi connectivity index (χ2n) is 3.91. The number of aliphatic hydroxyl groups excluding tert-OH is 1.